The largest absolute Gasteiger partial charge is 0.464 e. The summed E-state index contributed by atoms with van der Waals surface area (Å²) in [4.78, 5) is 37.6. The Morgan fingerprint density at radius 1 is 1.21 bits per heavy atom. The van der Waals surface area contributed by atoms with E-state index in [2.05, 4.69) is 10.6 Å². The SMILES string of the molecule is CCOC(=O)[C@H](C)NC(=O)C[C@@H]1C(=O)Nc2ccccc2N1S(=O)(=O)c1cc(C)c(Cl)cc1C. The van der Waals surface area contributed by atoms with Gasteiger partial charge in [-0.05, 0) is 63.1 Å². The number of esters is 1. The smallest absolute Gasteiger partial charge is 0.328 e. The molecule has 1 aliphatic rings. The van der Waals surface area contributed by atoms with E-state index in [1.54, 1.807) is 51.1 Å². The van der Waals surface area contributed by atoms with Crippen LogP contribution in [0.15, 0.2) is 41.3 Å². The van der Waals surface area contributed by atoms with E-state index in [1.807, 2.05) is 0 Å². The van der Waals surface area contributed by atoms with Gasteiger partial charge in [0, 0.05) is 5.02 Å². The lowest BCUT2D eigenvalue weighted by molar-refractivity contribution is -0.146. The number of hydrogen-bond acceptors (Lipinski definition) is 6. The first-order valence-electron chi connectivity index (χ1n) is 10.6. The number of benzene rings is 2. The van der Waals surface area contributed by atoms with E-state index < -0.39 is 46.3 Å². The quantitative estimate of drug-likeness (QED) is 0.556. The van der Waals surface area contributed by atoms with Crippen molar-refractivity contribution in [1.29, 1.82) is 0 Å². The minimum absolute atomic E-state index is 0.0239. The van der Waals surface area contributed by atoms with Gasteiger partial charge >= 0.3 is 5.97 Å². The monoisotopic (exact) mass is 507 g/mol. The first-order valence-corrected chi connectivity index (χ1v) is 12.5. The van der Waals surface area contributed by atoms with Crippen LogP contribution in [0.5, 0.6) is 0 Å². The fraction of sp³-hybridized carbons (Fsp3) is 0.348. The summed E-state index contributed by atoms with van der Waals surface area (Å²) in [7, 11) is -4.28. The molecule has 2 aromatic carbocycles. The zero-order chi connectivity index (χ0) is 25.2. The Bertz CT molecular complexity index is 1250. The van der Waals surface area contributed by atoms with E-state index in [4.69, 9.17) is 16.3 Å². The highest BCUT2D eigenvalue weighted by Gasteiger charge is 2.42. The Hall–Kier alpha value is -3.11. The molecule has 0 spiro atoms. The van der Waals surface area contributed by atoms with Crippen LogP contribution in [0.3, 0.4) is 0 Å². The molecule has 0 unspecified atom stereocenters. The molecule has 11 heteroatoms. The lowest BCUT2D eigenvalue weighted by Crippen LogP contribution is -2.53. The summed E-state index contributed by atoms with van der Waals surface area (Å²) >= 11 is 6.16. The maximum Gasteiger partial charge on any atom is 0.328 e. The van der Waals surface area contributed by atoms with Gasteiger partial charge in [-0.2, -0.15) is 0 Å². The van der Waals surface area contributed by atoms with Crippen molar-refractivity contribution in [3.05, 3.63) is 52.5 Å². The van der Waals surface area contributed by atoms with Gasteiger partial charge in [0.15, 0.2) is 0 Å². The molecule has 0 aromatic heterocycles. The molecular formula is C23H26ClN3O6S. The van der Waals surface area contributed by atoms with E-state index in [0.717, 1.165) is 4.31 Å². The first-order chi connectivity index (χ1) is 16.0. The predicted molar refractivity (Wildman–Crippen MR) is 128 cm³/mol. The van der Waals surface area contributed by atoms with Gasteiger partial charge in [-0.1, -0.05) is 23.7 Å². The van der Waals surface area contributed by atoms with Gasteiger partial charge < -0.3 is 15.4 Å². The molecule has 182 valence electrons. The third-order valence-corrected chi connectivity index (χ3v) is 7.75. The van der Waals surface area contributed by atoms with Crippen molar-refractivity contribution in [1.82, 2.24) is 5.32 Å². The van der Waals surface area contributed by atoms with E-state index in [0.29, 0.717) is 21.8 Å². The van der Waals surface area contributed by atoms with Gasteiger partial charge in [0.25, 0.3) is 10.0 Å². The van der Waals surface area contributed by atoms with E-state index in [1.165, 1.54) is 13.0 Å². The first kappa shape index (κ1) is 25.5. The van der Waals surface area contributed by atoms with Gasteiger partial charge in [-0.15, -0.1) is 0 Å². The molecule has 0 saturated heterocycles. The van der Waals surface area contributed by atoms with Gasteiger partial charge in [0.1, 0.15) is 12.1 Å². The van der Waals surface area contributed by atoms with Crippen molar-refractivity contribution in [3.8, 4) is 0 Å². The predicted octanol–water partition coefficient (Wildman–Crippen LogP) is 2.93. The van der Waals surface area contributed by atoms with Gasteiger partial charge in [-0.25, -0.2) is 13.2 Å². The molecule has 1 heterocycles. The molecule has 0 bridgehead atoms. The van der Waals surface area contributed by atoms with Crippen LogP contribution in [0.1, 0.15) is 31.4 Å². The number of anilines is 2. The average Bonchev–Trinajstić information content (AvgIpc) is 2.76. The lowest BCUT2D eigenvalue weighted by Gasteiger charge is -2.37. The topological polar surface area (TPSA) is 122 Å². The summed E-state index contributed by atoms with van der Waals surface area (Å²) in [6, 6.07) is 7.08. The summed E-state index contributed by atoms with van der Waals surface area (Å²) in [6.45, 7) is 6.52. The summed E-state index contributed by atoms with van der Waals surface area (Å²) in [5.74, 6) is -1.97. The van der Waals surface area contributed by atoms with E-state index in [9.17, 15) is 22.8 Å². The summed E-state index contributed by atoms with van der Waals surface area (Å²) < 4.78 is 33.6. The van der Waals surface area contributed by atoms with Crippen LogP contribution in [0.25, 0.3) is 0 Å². The number of nitrogens with one attached hydrogen (secondary N) is 2. The standard InChI is InChI=1S/C23H26ClN3O6S/c1-5-33-23(30)15(4)25-21(28)12-19-22(29)26-17-8-6-7-9-18(17)27(19)34(31,32)20-11-13(2)16(24)10-14(20)3/h6-11,15,19H,5,12H2,1-4H3,(H,25,28)(H,26,29)/t15-,19+/m0/s1. The Kier molecular flexibility index (Phi) is 7.52. The fourth-order valence-electron chi connectivity index (χ4n) is 3.68. The van der Waals surface area contributed by atoms with Crippen LogP contribution in [0.2, 0.25) is 5.02 Å². The summed E-state index contributed by atoms with van der Waals surface area (Å²) in [5.41, 5.74) is 1.48. The van der Waals surface area contributed by atoms with Crippen LogP contribution >= 0.6 is 11.6 Å². The molecule has 34 heavy (non-hydrogen) atoms. The number of fused-ring (bicyclic) bond motifs is 1. The summed E-state index contributed by atoms with van der Waals surface area (Å²) in [6.07, 6.45) is -0.505. The van der Waals surface area contributed by atoms with Crippen molar-refractivity contribution < 1.29 is 27.5 Å². The van der Waals surface area contributed by atoms with Crippen molar-refractivity contribution in [2.45, 2.75) is 51.1 Å². The van der Waals surface area contributed by atoms with Gasteiger partial charge in [0.05, 0.1) is 29.3 Å². The molecular weight excluding hydrogens is 482 g/mol. The molecule has 2 atom stereocenters. The number of rotatable bonds is 7. The molecule has 0 radical (unpaired) electrons. The average molecular weight is 508 g/mol. The molecule has 1 aliphatic heterocycles. The number of para-hydroxylation sites is 2. The zero-order valence-corrected chi connectivity index (χ0v) is 20.8. The van der Waals surface area contributed by atoms with E-state index >= 15 is 0 Å². The minimum atomic E-state index is -4.28. The molecule has 2 aromatic rings. The fourth-order valence-corrected chi connectivity index (χ4v) is 5.82. The van der Waals surface area contributed by atoms with Crippen LogP contribution in [0.4, 0.5) is 11.4 Å². The maximum absolute atomic E-state index is 13.9. The number of carbonyl (C=O) groups is 3. The Morgan fingerprint density at radius 3 is 2.56 bits per heavy atom. The second-order valence-electron chi connectivity index (χ2n) is 7.94. The molecule has 9 nitrogen and oxygen atoms in total. The van der Waals surface area contributed by atoms with Crippen molar-refractivity contribution in [2.24, 2.45) is 0 Å². The van der Waals surface area contributed by atoms with Crippen LogP contribution in [-0.2, 0) is 29.1 Å². The van der Waals surface area contributed by atoms with Crippen LogP contribution in [-0.4, -0.2) is 44.9 Å². The molecule has 2 amide bonds. The lowest BCUT2D eigenvalue weighted by atomic mass is 10.1. The molecule has 3 rings (SSSR count). The highest BCUT2D eigenvalue weighted by Crippen LogP contribution is 2.38. The van der Waals surface area contributed by atoms with Crippen LogP contribution in [0, 0.1) is 13.8 Å². The Balaban J connectivity index is 2.04. The van der Waals surface area contributed by atoms with Gasteiger partial charge in [0.2, 0.25) is 11.8 Å². The van der Waals surface area contributed by atoms with Crippen molar-refractivity contribution >= 4 is 50.8 Å². The Labute approximate surface area is 203 Å². The third kappa shape index (κ3) is 5.02. The normalized spacial score (nSPS) is 16.3. The van der Waals surface area contributed by atoms with E-state index in [-0.39, 0.29) is 17.2 Å². The zero-order valence-electron chi connectivity index (χ0n) is 19.2. The number of hydrogen-bond donors (Lipinski definition) is 2. The third-order valence-electron chi connectivity index (χ3n) is 5.37. The molecule has 0 aliphatic carbocycles. The highest BCUT2D eigenvalue weighted by atomic mass is 35.5. The second-order valence-corrected chi connectivity index (χ2v) is 10.1. The number of aryl methyl sites for hydroxylation is 2. The number of sulfonamides is 1. The number of ether oxygens (including phenoxy) is 1. The van der Waals surface area contributed by atoms with Crippen molar-refractivity contribution in [2.75, 3.05) is 16.2 Å². The second kappa shape index (κ2) is 10.0. The number of carbonyl (C=O) groups excluding carboxylic acids is 3. The molecule has 0 fully saturated rings. The number of amides is 2. The maximum atomic E-state index is 13.9. The highest BCUT2D eigenvalue weighted by molar-refractivity contribution is 7.93. The molecule has 0 saturated carbocycles. The summed E-state index contributed by atoms with van der Waals surface area (Å²) in [5, 5.41) is 5.54. The Morgan fingerprint density at radius 2 is 1.88 bits per heavy atom. The minimum Gasteiger partial charge on any atom is -0.464 e. The van der Waals surface area contributed by atoms with Crippen LogP contribution < -0.4 is 14.9 Å². The van der Waals surface area contributed by atoms with Gasteiger partial charge in [-0.3, -0.25) is 13.9 Å². The van der Waals surface area contributed by atoms with Crippen molar-refractivity contribution in [3.63, 3.8) is 0 Å². The molecule has 2 N–H and O–H groups in total. The number of nitrogens with zero attached hydrogens (tertiary/aromatic N) is 1. The number of halogens is 1.